The second-order valence-electron chi connectivity index (χ2n) is 13.6. The van der Waals surface area contributed by atoms with E-state index >= 15 is 0 Å². The van der Waals surface area contributed by atoms with Crippen LogP contribution in [0, 0.1) is 26.7 Å². The van der Waals surface area contributed by atoms with Crippen molar-refractivity contribution in [3.8, 4) is 23.0 Å². The van der Waals surface area contributed by atoms with Crippen LogP contribution in [-0.4, -0.2) is 30.8 Å². The van der Waals surface area contributed by atoms with E-state index in [1.165, 1.54) is 45.2 Å². The number of hydrogen-bond acceptors (Lipinski definition) is 4. The molecule has 0 radical (unpaired) electrons. The highest BCUT2D eigenvalue weighted by molar-refractivity contribution is 7.99. The van der Waals surface area contributed by atoms with Gasteiger partial charge in [0.05, 0.1) is 22.4 Å². The molecule has 3 atom stereocenters. The summed E-state index contributed by atoms with van der Waals surface area (Å²) in [5.74, 6) is 3.78. The Morgan fingerprint density at radius 1 is 0.872 bits per heavy atom. The molecular weight excluding hydrogens is 597 g/mol. The van der Waals surface area contributed by atoms with Crippen molar-refractivity contribution in [2.45, 2.75) is 72.0 Å². The zero-order valence-corrected chi connectivity index (χ0v) is 29.5. The molecule has 0 spiro atoms. The third kappa shape index (κ3) is 5.67. The van der Waals surface area contributed by atoms with Crippen LogP contribution >= 0.6 is 11.8 Å². The fraction of sp³-hybridized carbons (Fsp3) is 0.317. The molecule has 240 valence electrons. The van der Waals surface area contributed by atoms with Gasteiger partial charge in [-0.25, -0.2) is 9.67 Å². The number of aryl methyl sites for hydroxylation is 2. The van der Waals surface area contributed by atoms with Gasteiger partial charge < -0.3 is 4.74 Å². The first kappa shape index (κ1) is 31.3. The molecule has 3 aromatic carbocycles. The van der Waals surface area contributed by atoms with Gasteiger partial charge in [0.2, 0.25) is 0 Å². The van der Waals surface area contributed by atoms with Crippen LogP contribution in [0.2, 0.25) is 0 Å². The van der Waals surface area contributed by atoms with E-state index in [0.717, 1.165) is 39.7 Å². The molecule has 0 saturated carbocycles. The summed E-state index contributed by atoms with van der Waals surface area (Å²) in [7, 11) is 0. The van der Waals surface area contributed by atoms with Crippen LogP contribution in [0.4, 0.5) is 0 Å². The fourth-order valence-corrected chi connectivity index (χ4v) is 8.46. The smallest absolute Gasteiger partial charge is 0.137 e. The molecule has 5 nitrogen and oxygen atoms in total. The molecule has 7 rings (SSSR count). The average Bonchev–Trinajstić information content (AvgIpc) is 3.53. The van der Waals surface area contributed by atoms with Gasteiger partial charge in [-0.1, -0.05) is 50.6 Å². The van der Waals surface area contributed by atoms with E-state index in [9.17, 15) is 0 Å². The topological polar surface area (TPSA) is 44.9 Å². The van der Waals surface area contributed by atoms with Crippen molar-refractivity contribution in [2.75, 3.05) is 6.26 Å². The number of rotatable bonds is 7. The monoisotopic (exact) mass is 640 g/mol. The van der Waals surface area contributed by atoms with Crippen LogP contribution in [0.3, 0.4) is 0 Å². The number of pyridine rings is 1. The molecule has 6 aromatic rings. The SMILES string of the molecule is CSC1C=C(C)[C@@H](c2c(C)nn(-c3cc(Oc4ccc5c6ccccc6n(-c6cc(C)ccn6)c5c4)cc(C(C)C)c3)c2C)[C@@H](C)C1. The number of aromatic nitrogens is 4. The second-order valence-corrected chi connectivity index (χ2v) is 14.7. The van der Waals surface area contributed by atoms with Crippen molar-refractivity contribution in [1.82, 2.24) is 19.3 Å². The molecular formula is C41H44N4OS. The van der Waals surface area contributed by atoms with Crippen molar-refractivity contribution >= 4 is 33.6 Å². The average molecular weight is 641 g/mol. The van der Waals surface area contributed by atoms with Crippen molar-refractivity contribution in [1.29, 1.82) is 0 Å². The fourth-order valence-electron chi connectivity index (χ4n) is 7.61. The van der Waals surface area contributed by atoms with Crippen LogP contribution in [0.1, 0.15) is 74.0 Å². The first-order chi connectivity index (χ1) is 22.6. The summed E-state index contributed by atoms with van der Waals surface area (Å²) in [5, 5.41) is 8.11. The molecule has 3 heterocycles. The van der Waals surface area contributed by atoms with Gasteiger partial charge in [-0.15, -0.1) is 0 Å². The van der Waals surface area contributed by atoms with E-state index in [2.05, 4.69) is 137 Å². The zero-order chi connectivity index (χ0) is 33.0. The minimum Gasteiger partial charge on any atom is -0.457 e. The number of para-hydroxylation sites is 1. The third-order valence-corrected chi connectivity index (χ3v) is 10.8. The molecule has 0 N–H and O–H groups in total. The van der Waals surface area contributed by atoms with E-state index in [1.807, 2.05) is 24.0 Å². The minimum absolute atomic E-state index is 0.332. The quantitative estimate of drug-likeness (QED) is 0.163. The molecule has 0 fully saturated rings. The van der Waals surface area contributed by atoms with Crippen molar-refractivity contribution in [3.05, 3.63) is 119 Å². The summed E-state index contributed by atoms with van der Waals surface area (Å²) >= 11 is 1.95. The first-order valence-electron chi connectivity index (χ1n) is 16.7. The Bertz CT molecular complexity index is 2150. The predicted molar refractivity (Wildman–Crippen MR) is 198 cm³/mol. The van der Waals surface area contributed by atoms with E-state index < -0.39 is 0 Å². The molecule has 3 aromatic heterocycles. The lowest BCUT2D eigenvalue weighted by Crippen LogP contribution is -2.22. The third-order valence-electron chi connectivity index (χ3n) is 9.91. The number of thioether (sulfide) groups is 1. The molecule has 6 heteroatoms. The minimum atomic E-state index is 0.332. The lowest BCUT2D eigenvalue weighted by Gasteiger charge is -2.33. The normalized spacial score (nSPS) is 18.3. The zero-order valence-electron chi connectivity index (χ0n) is 28.7. The van der Waals surface area contributed by atoms with Gasteiger partial charge in [0.15, 0.2) is 0 Å². The molecule has 0 aliphatic heterocycles. The summed E-state index contributed by atoms with van der Waals surface area (Å²) in [4.78, 5) is 4.75. The van der Waals surface area contributed by atoms with Gasteiger partial charge in [-0.3, -0.25) is 4.57 Å². The number of benzene rings is 3. The van der Waals surface area contributed by atoms with E-state index in [4.69, 9.17) is 14.8 Å². The van der Waals surface area contributed by atoms with Gasteiger partial charge in [-0.2, -0.15) is 16.9 Å². The van der Waals surface area contributed by atoms with Gasteiger partial charge >= 0.3 is 0 Å². The highest BCUT2D eigenvalue weighted by Crippen LogP contribution is 2.44. The van der Waals surface area contributed by atoms with Crippen LogP contribution in [0.5, 0.6) is 11.5 Å². The lowest BCUT2D eigenvalue weighted by atomic mass is 9.75. The maximum Gasteiger partial charge on any atom is 0.137 e. The summed E-state index contributed by atoms with van der Waals surface area (Å²) < 4.78 is 11.1. The maximum atomic E-state index is 6.72. The summed E-state index contributed by atoms with van der Waals surface area (Å²) in [6.45, 7) is 15.7. The largest absolute Gasteiger partial charge is 0.457 e. The standard InChI is InChI=1S/C41H44N4OS/c1-24(2)30-20-31(45-29(7)41(28(6)43-45)40-26(4)18-34(47-8)19-27(40)5)22-33(21-30)46-32-13-14-36-35-11-9-10-12-37(35)44(38(36)23-32)39-17-25(3)15-16-42-39/h9-18,20-24,27,34,40H,19H2,1-8H3/t27-,34?,40+/m0/s1. The van der Waals surface area contributed by atoms with Crippen molar-refractivity contribution in [3.63, 3.8) is 0 Å². The molecule has 1 aliphatic carbocycles. The molecule has 1 unspecified atom stereocenters. The Balaban J connectivity index is 1.31. The Hall–Kier alpha value is -4.29. The molecule has 0 bridgehead atoms. The number of ether oxygens (including phenoxy) is 1. The van der Waals surface area contributed by atoms with E-state index in [-0.39, 0.29) is 0 Å². The molecule has 47 heavy (non-hydrogen) atoms. The molecule has 0 amide bonds. The number of fused-ring (bicyclic) bond motifs is 3. The van der Waals surface area contributed by atoms with Crippen molar-refractivity contribution < 1.29 is 4.74 Å². The van der Waals surface area contributed by atoms with E-state index in [0.29, 0.717) is 23.0 Å². The summed E-state index contributed by atoms with van der Waals surface area (Å²) in [6, 6.07) is 25.6. The highest BCUT2D eigenvalue weighted by atomic mass is 32.2. The predicted octanol–water partition coefficient (Wildman–Crippen LogP) is 11.0. The van der Waals surface area contributed by atoms with Crippen molar-refractivity contribution in [2.24, 2.45) is 5.92 Å². The molecule has 0 saturated heterocycles. The maximum absolute atomic E-state index is 6.72. The summed E-state index contributed by atoms with van der Waals surface area (Å²) in [6.07, 6.45) is 7.76. The Labute approximate surface area is 282 Å². The second kappa shape index (κ2) is 12.4. The van der Waals surface area contributed by atoms with Gasteiger partial charge in [0.25, 0.3) is 0 Å². The van der Waals surface area contributed by atoms with Crippen LogP contribution in [0.15, 0.2) is 90.6 Å². The van der Waals surface area contributed by atoms with E-state index in [1.54, 1.807) is 0 Å². The lowest BCUT2D eigenvalue weighted by molar-refractivity contribution is 0.453. The van der Waals surface area contributed by atoms with Gasteiger partial charge in [0, 0.05) is 51.5 Å². The molecule has 1 aliphatic rings. The highest BCUT2D eigenvalue weighted by Gasteiger charge is 2.32. The van der Waals surface area contributed by atoms with Crippen LogP contribution < -0.4 is 4.74 Å². The number of nitrogens with zero attached hydrogens (tertiary/aromatic N) is 4. The Morgan fingerprint density at radius 2 is 1.66 bits per heavy atom. The van der Waals surface area contributed by atoms with Gasteiger partial charge in [0.1, 0.15) is 17.3 Å². The number of allylic oxidation sites excluding steroid dienone is 1. The Kier molecular flexibility index (Phi) is 8.25. The van der Waals surface area contributed by atoms with Crippen LogP contribution in [-0.2, 0) is 0 Å². The van der Waals surface area contributed by atoms with Crippen LogP contribution in [0.25, 0.3) is 33.3 Å². The Morgan fingerprint density at radius 3 is 2.40 bits per heavy atom. The first-order valence-corrected chi connectivity index (χ1v) is 18.0. The number of hydrogen-bond donors (Lipinski definition) is 0. The van der Waals surface area contributed by atoms with Gasteiger partial charge in [-0.05, 0) is 106 Å². The summed E-state index contributed by atoms with van der Waals surface area (Å²) in [5.41, 5.74) is 10.8.